The van der Waals surface area contributed by atoms with Crippen molar-refractivity contribution in [1.82, 2.24) is 10.7 Å². The predicted molar refractivity (Wildman–Crippen MR) is 127 cm³/mol. The Balaban J connectivity index is 1.96. The fourth-order valence-corrected chi connectivity index (χ4v) is 4.11. The summed E-state index contributed by atoms with van der Waals surface area (Å²) in [5.74, 6) is 0.795. The zero-order valence-corrected chi connectivity index (χ0v) is 19.8. The van der Waals surface area contributed by atoms with Crippen molar-refractivity contribution in [2.24, 2.45) is 0 Å². The van der Waals surface area contributed by atoms with Crippen LogP contribution in [0.1, 0.15) is 31.4 Å². The van der Waals surface area contributed by atoms with E-state index in [9.17, 15) is 13.2 Å². The monoisotopic (exact) mass is 469 g/mol. The van der Waals surface area contributed by atoms with Crippen LogP contribution in [-0.4, -0.2) is 32.9 Å². The summed E-state index contributed by atoms with van der Waals surface area (Å²) in [7, 11) is -3.77. The quantitative estimate of drug-likeness (QED) is 0.281. The molecule has 0 fully saturated rings. The summed E-state index contributed by atoms with van der Waals surface area (Å²) in [6.45, 7) is 22.2. The van der Waals surface area contributed by atoms with Gasteiger partial charge in [-0.1, -0.05) is 17.7 Å². The molecule has 33 heavy (non-hydrogen) atoms. The van der Waals surface area contributed by atoms with Crippen molar-refractivity contribution in [2.45, 2.75) is 44.3 Å². The van der Waals surface area contributed by atoms with Crippen molar-refractivity contribution in [3.63, 3.8) is 0 Å². The molecule has 0 saturated heterocycles. The second-order valence-electron chi connectivity index (χ2n) is 7.63. The van der Waals surface area contributed by atoms with E-state index < -0.39 is 21.1 Å². The second kappa shape index (κ2) is 11.2. The first-order valence-corrected chi connectivity index (χ1v) is 11.8. The molecule has 0 atom stereocenters. The van der Waals surface area contributed by atoms with Crippen LogP contribution in [0.2, 0.25) is 0 Å². The Morgan fingerprint density at radius 3 is 2.36 bits per heavy atom. The normalized spacial score (nSPS) is 10.8. The SMILES string of the molecule is [C-]#[N+]c1cc(NNC(=O)NCCCOc2ccc(C)cc2C)c(S(=O)(=O)C(C)C)cc1[N+]#[C-]. The van der Waals surface area contributed by atoms with Crippen molar-refractivity contribution < 1.29 is 17.9 Å². The maximum atomic E-state index is 12.7. The number of hydrazine groups is 1. The number of anilines is 1. The Labute approximate surface area is 194 Å². The number of carbonyl (C=O) groups excluding carboxylic acids is 1. The number of benzene rings is 2. The summed E-state index contributed by atoms with van der Waals surface area (Å²) in [5.41, 5.74) is 7.08. The van der Waals surface area contributed by atoms with Crippen molar-refractivity contribution in [3.8, 4) is 5.75 Å². The van der Waals surface area contributed by atoms with Gasteiger partial charge in [0.25, 0.3) is 0 Å². The number of carbonyl (C=O) groups is 1. The van der Waals surface area contributed by atoms with Gasteiger partial charge < -0.3 is 10.1 Å². The van der Waals surface area contributed by atoms with Crippen LogP contribution in [0, 0.1) is 27.0 Å². The van der Waals surface area contributed by atoms with Gasteiger partial charge >= 0.3 is 6.03 Å². The molecule has 0 aliphatic carbocycles. The van der Waals surface area contributed by atoms with E-state index in [1.54, 1.807) is 0 Å². The summed E-state index contributed by atoms with van der Waals surface area (Å²) in [4.78, 5) is 18.5. The van der Waals surface area contributed by atoms with Gasteiger partial charge in [-0.25, -0.2) is 13.2 Å². The average Bonchev–Trinajstić information content (AvgIpc) is 2.77. The third-order valence-electron chi connectivity index (χ3n) is 4.75. The van der Waals surface area contributed by atoms with Crippen molar-refractivity contribution in [3.05, 3.63) is 64.3 Å². The van der Waals surface area contributed by atoms with Crippen LogP contribution in [0.15, 0.2) is 35.2 Å². The lowest BCUT2D eigenvalue weighted by Crippen LogP contribution is -2.40. The molecule has 174 valence electrons. The standard InChI is InChI=1S/C23H27N5O4S/c1-15(2)33(30,31)22-14-19(25-6)18(24-5)13-20(22)27-28-23(29)26-10-7-11-32-21-9-8-16(3)12-17(21)4/h8-9,12-15,27H,7,10-11H2,1-4H3,(H2,26,28,29). The molecule has 0 unspecified atom stereocenters. The number of amides is 2. The zero-order chi connectivity index (χ0) is 24.6. The van der Waals surface area contributed by atoms with E-state index in [-0.39, 0.29) is 22.0 Å². The summed E-state index contributed by atoms with van der Waals surface area (Å²) in [5, 5.41) is 1.90. The van der Waals surface area contributed by atoms with E-state index in [0.29, 0.717) is 19.6 Å². The molecule has 3 N–H and O–H groups in total. The van der Waals surface area contributed by atoms with E-state index in [1.807, 2.05) is 32.0 Å². The number of nitrogens with one attached hydrogen (secondary N) is 3. The predicted octanol–water partition coefficient (Wildman–Crippen LogP) is 4.68. The highest BCUT2D eigenvalue weighted by atomic mass is 32.2. The maximum Gasteiger partial charge on any atom is 0.333 e. The lowest BCUT2D eigenvalue weighted by molar-refractivity contribution is 0.241. The van der Waals surface area contributed by atoms with Gasteiger partial charge in [0.05, 0.1) is 35.6 Å². The number of hydrogen-bond donors (Lipinski definition) is 3. The van der Waals surface area contributed by atoms with Gasteiger partial charge in [-0.3, -0.25) is 20.5 Å². The molecule has 0 aliphatic heterocycles. The van der Waals surface area contributed by atoms with E-state index in [0.717, 1.165) is 22.9 Å². The molecule has 2 amide bonds. The summed E-state index contributed by atoms with van der Waals surface area (Å²) in [6, 6.07) is 7.74. The molecule has 0 aromatic heterocycles. The zero-order valence-electron chi connectivity index (χ0n) is 19.0. The number of urea groups is 1. The topological polar surface area (TPSA) is 105 Å². The molecule has 0 spiro atoms. The number of hydrogen-bond acceptors (Lipinski definition) is 5. The minimum Gasteiger partial charge on any atom is -0.493 e. The Morgan fingerprint density at radius 1 is 1.09 bits per heavy atom. The minimum atomic E-state index is -3.77. The van der Waals surface area contributed by atoms with Crippen molar-refractivity contribution in [2.75, 3.05) is 18.6 Å². The minimum absolute atomic E-state index is 0.0130. The van der Waals surface area contributed by atoms with Crippen LogP contribution < -0.4 is 20.9 Å². The van der Waals surface area contributed by atoms with Crippen LogP contribution in [0.25, 0.3) is 9.69 Å². The van der Waals surface area contributed by atoms with E-state index >= 15 is 0 Å². The number of sulfone groups is 1. The van der Waals surface area contributed by atoms with Crippen LogP contribution in [0.5, 0.6) is 5.75 Å². The molecule has 9 nitrogen and oxygen atoms in total. The number of nitrogens with zero attached hydrogens (tertiary/aromatic N) is 2. The average molecular weight is 470 g/mol. The number of ether oxygens (including phenoxy) is 1. The smallest absolute Gasteiger partial charge is 0.333 e. The highest BCUT2D eigenvalue weighted by Gasteiger charge is 2.25. The van der Waals surface area contributed by atoms with E-state index in [4.69, 9.17) is 17.9 Å². The largest absolute Gasteiger partial charge is 0.493 e. The number of aryl methyl sites for hydroxylation is 2. The van der Waals surface area contributed by atoms with Crippen LogP contribution >= 0.6 is 0 Å². The maximum absolute atomic E-state index is 12.7. The fraction of sp³-hybridized carbons (Fsp3) is 0.348. The Bertz CT molecular complexity index is 1210. The third-order valence-corrected chi connectivity index (χ3v) is 6.94. The number of rotatable bonds is 9. The Morgan fingerprint density at radius 2 is 1.76 bits per heavy atom. The van der Waals surface area contributed by atoms with Gasteiger partial charge in [0, 0.05) is 6.54 Å². The highest BCUT2D eigenvalue weighted by Crippen LogP contribution is 2.37. The summed E-state index contributed by atoms with van der Waals surface area (Å²) in [6.07, 6.45) is 0.565. The molecule has 2 aromatic rings. The molecular formula is C23H27N5O4S. The third kappa shape index (κ3) is 6.61. The Hall–Kier alpha value is -3.76. The van der Waals surface area contributed by atoms with Gasteiger partial charge in [0.1, 0.15) is 5.75 Å². The lowest BCUT2D eigenvalue weighted by Gasteiger charge is -2.17. The van der Waals surface area contributed by atoms with E-state index in [2.05, 4.69) is 25.9 Å². The Kier molecular flexibility index (Phi) is 8.66. The first-order chi connectivity index (χ1) is 15.6. The first kappa shape index (κ1) is 25.5. The van der Waals surface area contributed by atoms with Gasteiger partial charge in [0.2, 0.25) is 0 Å². The molecule has 2 aromatic carbocycles. The molecular weight excluding hydrogens is 442 g/mol. The van der Waals surface area contributed by atoms with Gasteiger partial charge in [0.15, 0.2) is 21.2 Å². The van der Waals surface area contributed by atoms with Crippen molar-refractivity contribution in [1.29, 1.82) is 0 Å². The highest BCUT2D eigenvalue weighted by molar-refractivity contribution is 7.92. The molecule has 0 saturated carbocycles. The van der Waals surface area contributed by atoms with E-state index in [1.165, 1.54) is 19.9 Å². The molecule has 0 aliphatic rings. The summed E-state index contributed by atoms with van der Waals surface area (Å²) >= 11 is 0. The molecule has 0 bridgehead atoms. The van der Waals surface area contributed by atoms with Gasteiger partial charge in [-0.05, 0) is 57.9 Å². The van der Waals surface area contributed by atoms with Crippen molar-refractivity contribution >= 4 is 32.9 Å². The van der Waals surface area contributed by atoms with Gasteiger partial charge in [-0.15, -0.1) is 0 Å². The van der Waals surface area contributed by atoms with Crippen LogP contribution in [-0.2, 0) is 9.84 Å². The lowest BCUT2D eigenvalue weighted by atomic mass is 10.1. The fourth-order valence-electron chi connectivity index (χ4n) is 2.91. The molecule has 0 radical (unpaired) electrons. The second-order valence-corrected chi connectivity index (χ2v) is 10.1. The molecule has 2 rings (SSSR count). The van der Waals surface area contributed by atoms with Gasteiger partial charge in [-0.2, -0.15) is 0 Å². The molecule has 10 heteroatoms. The van der Waals surface area contributed by atoms with Crippen LogP contribution in [0.3, 0.4) is 0 Å². The summed E-state index contributed by atoms with van der Waals surface area (Å²) < 4.78 is 31.1. The first-order valence-electron chi connectivity index (χ1n) is 10.3. The molecule has 0 heterocycles. The van der Waals surface area contributed by atoms with Crippen LogP contribution in [0.4, 0.5) is 21.9 Å².